The Hall–Kier alpha value is -1.82. The van der Waals surface area contributed by atoms with Gasteiger partial charge in [-0.2, -0.15) is 0 Å². The Balaban J connectivity index is 1.92. The smallest absolute Gasteiger partial charge is 0.412 e. The minimum atomic E-state index is -0.470. The molecule has 1 aliphatic heterocycles. The van der Waals surface area contributed by atoms with Gasteiger partial charge in [0.2, 0.25) is 0 Å². The standard InChI is InChI=1S/C13H20N4O2/c1-3-19-13(18)15-12-5-4-11(10-14-12)17-8-6-16(2)7-9-17/h4-5,10H,3,6-9H2,1-2H3,(H,14,15,18). The number of carbonyl (C=O) groups is 1. The van der Waals surface area contributed by atoms with Gasteiger partial charge in [-0.25, -0.2) is 9.78 Å². The molecule has 0 atom stereocenters. The summed E-state index contributed by atoms with van der Waals surface area (Å²) in [5, 5.41) is 2.58. The number of piperazine rings is 1. The molecule has 0 radical (unpaired) electrons. The van der Waals surface area contributed by atoms with Crippen LogP contribution >= 0.6 is 0 Å². The van der Waals surface area contributed by atoms with Gasteiger partial charge in [-0.05, 0) is 26.1 Å². The molecule has 0 aromatic carbocycles. The van der Waals surface area contributed by atoms with Crippen molar-refractivity contribution in [3.63, 3.8) is 0 Å². The van der Waals surface area contributed by atoms with E-state index in [4.69, 9.17) is 4.74 Å². The van der Waals surface area contributed by atoms with Crippen LogP contribution in [-0.2, 0) is 4.74 Å². The van der Waals surface area contributed by atoms with Crippen molar-refractivity contribution in [1.29, 1.82) is 0 Å². The summed E-state index contributed by atoms with van der Waals surface area (Å²) in [5.74, 6) is 0.510. The third-order valence-electron chi connectivity index (χ3n) is 3.12. The fourth-order valence-electron chi connectivity index (χ4n) is 1.98. The lowest BCUT2D eigenvalue weighted by atomic mass is 10.3. The highest BCUT2D eigenvalue weighted by atomic mass is 16.5. The quantitative estimate of drug-likeness (QED) is 0.894. The largest absolute Gasteiger partial charge is 0.450 e. The number of aromatic nitrogens is 1. The maximum Gasteiger partial charge on any atom is 0.412 e. The molecule has 0 spiro atoms. The second-order valence-electron chi connectivity index (χ2n) is 4.54. The summed E-state index contributed by atoms with van der Waals surface area (Å²) >= 11 is 0. The fraction of sp³-hybridized carbons (Fsp3) is 0.538. The molecule has 2 rings (SSSR count). The summed E-state index contributed by atoms with van der Waals surface area (Å²) in [6, 6.07) is 3.77. The van der Waals surface area contributed by atoms with Crippen LogP contribution in [0.15, 0.2) is 18.3 Å². The van der Waals surface area contributed by atoms with Gasteiger partial charge >= 0.3 is 6.09 Å². The van der Waals surface area contributed by atoms with Gasteiger partial charge in [-0.3, -0.25) is 5.32 Å². The van der Waals surface area contributed by atoms with Crippen LogP contribution in [0.1, 0.15) is 6.92 Å². The lowest BCUT2D eigenvalue weighted by molar-refractivity contribution is 0.168. The number of carbonyl (C=O) groups excluding carboxylic acids is 1. The van der Waals surface area contributed by atoms with E-state index >= 15 is 0 Å². The van der Waals surface area contributed by atoms with E-state index in [2.05, 4.69) is 27.1 Å². The Morgan fingerprint density at radius 1 is 1.37 bits per heavy atom. The number of anilines is 2. The molecular formula is C13H20N4O2. The summed E-state index contributed by atoms with van der Waals surface area (Å²) in [6.07, 6.45) is 1.31. The van der Waals surface area contributed by atoms with E-state index in [1.54, 1.807) is 19.2 Å². The van der Waals surface area contributed by atoms with E-state index in [-0.39, 0.29) is 0 Å². The maximum absolute atomic E-state index is 11.2. The van der Waals surface area contributed by atoms with Crippen molar-refractivity contribution < 1.29 is 9.53 Å². The molecule has 1 N–H and O–H groups in total. The molecule has 1 aromatic rings. The van der Waals surface area contributed by atoms with Crippen LogP contribution in [-0.4, -0.2) is 55.8 Å². The molecular weight excluding hydrogens is 244 g/mol. The molecule has 1 fully saturated rings. The van der Waals surface area contributed by atoms with Crippen molar-refractivity contribution in [2.75, 3.05) is 50.1 Å². The summed E-state index contributed by atoms with van der Waals surface area (Å²) in [6.45, 7) is 6.24. The predicted molar refractivity (Wildman–Crippen MR) is 74.6 cm³/mol. The minimum Gasteiger partial charge on any atom is -0.450 e. The zero-order chi connectivity index (χ0) is 13.7. The summed E-state index contributed by atoms with van der Waals surface area (Å²) < 4.78 is 4.80. The molecule has 6 nitrogen and oxygen atoms in total. The average molecular weight is 264 g/mol. The molecule has 1 amide bonds. The lowest BCUT2D eigenvalue weighted by Gasteiger charge is -2.33. The number of nitrogens with one attached hydrogen (secondary N) is 1. The summed E-state index contributed by atoms with van der Waals surface area (Å²) in [4.78, 5) is 20.1. The van der Waals surface area contributed by atoms with Gasteiger partial charge in [-0.1, -0.05) is 0 Å². The van der Waals surface area contributed by atoms with Gasteiger partial charge in [0.25, 0.3) is 0 Å². The molecule has 104 valence electrons. The topological polar surface area (TPSA) is 57.7 Å². The van der Waals surface area contributed by atoms with Crippen LogP contribution in [0, 0.1) is 0 Å². The van der Waals surface area contributed by atoms with E-state index in [0.29, 0.717) is 12.4 Å². The van der Waals surface area contributed by atoms with E-state index < -0.39 is 6.09 Å². The van der Waals surface area contributed by atoms with E-state index in [1.165, 1.54) is 0 Å². The molecule has 6 heteroatoms. The van der Waals surface area contributed by atoms with Crippen LogP contribution in [0.5, 0.6) is 0 Å². The molecule has 19 heavy (non-hydrogen) atoms. The van der Waals surface area contributed by atoms with Crippen molar-refractivity contribution >= 4 is 17.6 Å². The van der Waals surface area contributed by atoms with Gasteiger partial charge in [0.1, 0.15) is 5.82 Å². The Morgan fingerprint density at radius 3 is 2.68 bits per heavy atom. The first-order valence-corrected chi connectivity index (χ1v) is 6.52. The molecule has 1 aliphatic rings. The number of amides is 1. The number of nitrogens with zero attached hydrogens (tertiary/aromatic N) is 3. The highest BCUT2D eigenvalue weighted by Gasteiger charge is 2.14. The fourth-order valence-corrected chi connectivity index (χ4v) is 1.98. The molecule has 2 heterocycles. The predicted octanol–water partition coefficient (Wildman–Crippen LogP) is 1.40. The van der Waals surface area contributed by atoms with Crippen LogP contribution in [0.2, 0.25) is 0 Å². The Kier molecular flexibility index (Phi) is 4.57. The van der Waals surface area contributed by atoms with Crippen LogP contribution < -0.4 is 10.2 Å². The summed E-state index contributed by atoms with van der Waals surface area (Å²) in [7, 11) is 2.13. The molecule has 0 saturated carbocycles. The van der Waals surface area contributed by atoms with E-state index in [9.17, 15) is 4.79 Å². The number of ether oxygens (including phenoxy) is 1. The number of pyridine rings is 1. The Bertz CT molecular complexity index is 413. The van der Waals surface area contributed by atoms with Crippen molar-refractivity contribution in [1.82, 2.24) is 9.88 Å². The minimum absolute atomic E-state index is 0.352. The summed E-state index contributed by atoms with van der Waals surface area (Å²) in [5.41, 5.74) is 1.09. The Labute approximate surface area is 113 Å². The third-order valence-corrected chi connectivity index (χ3v) is 3.12. The Morgan fingerprint density at radius 2 is 2.11 bits per heavy atom. The van der Waals surface area contributed by atoms with Crippen molar-refractivity contribution in [3.8, 4) is 0 Å². The normalized spacial score (nSPS) is 16.2. The van der Waals surface area contributed by atoms with Crippen molar-refractivity contribution in [2.45, 2.75) is 6.92 Å². The number of rotatable bonds is 3. The van der Waals surface area contributed by atoms with Crippen molar-refractivity contribution in [3.05, 3.63) is 18.3 Å². The first-order chi connectivity index (χ1) is 9.19. The second kappa shape index (κ2) is 6.38. The third kappa shape index (κ3) is 3.82. The molecule has 1 saturated heterocycles. The molecule has 0 aliphatic carbocycles. The van der Waals surface area contributed by atoms with Gasteiger partial charge in [-0.15, -0.1) is 0 Å². The van der Waals surface area contributed by atoms with Crippen molar-refractivity contribution in [2.24, 2.45) is 0 Å². The molecule has 0 unspecified atom stereocenters. The van der Waals surface area contributed by atoms with Gasteiger partial charge in [0, 0.05) is 26.2 Å². The number of hydrogen-bond donors (Lipinski definition) is 1. The van der Waals surface area contributed by atoms with Crippen LogP contribution in [0.3, 0.4) is 0 Å². The van der Waals surface area contributed by atoms with Gasteiger partial charge < -0.3 is 14.5 Å². The van der Waals surface area contributed by atoms with Gasteiger partial charge in [0.15, 0.2) is 0 Å². The first kappa shape index (κ1) is 13.6. The SMILES string of the molecule is CCOC(=O)Nc1ccc(N2CCN(C)CC2)cn1. The monoisotopic (exact) mass is 264 g/mol. The maximum atomic E-state index is 11.2. The zero-order valence-electron chi connectivity index (χ0n) is 11.4. The number of hydrogen-bond acceptors (Lipinski definition) is 5. The lowest BCUT2D eigenvalue weighted by Crippen LogP contribution is -2.44. The van der Waals surface area contributed by atoms with Gasteiger partial charge in [0.05, 0.1) is 18.5 Å². The zero-order valence-corrected chi connectivity index (χ0v) is 11.4. The highest BCUT2D eigenvalue weighted by molar-refractivity contribution is 5.83. The number of likely N-dealkylation sites (N-methyl/N-ethyl adjacent to an activating group) is 1. The van der Waals surface area contributed by atoms with E-state index in [1.807, 2.05) is 6.07 Å². The second-order valence-corrected chi connectivity index (χ2v) is 4.54. The first-order valence-electron chi connectivity index (χ1n) is 6.52. The highest BCUT2D eigenvalue weighted by Crippen LogP contribution is 2.16. The molecule has 1 aromatic heterocycles. The average Bonchev–Trinajstić information content (AvgIpc) is 2.41. The van der Waals surface area contributed by atoms with Crippen LogP contribution in [0.4, 0.5) is 16.3 Å². The van der Waals surface area contributed by atoms with E-state index in [0.717, 1.165) is 31.9 Å². The molecule has 0 bridgehead atoms. The van der Waals surface area contributed by atoms with Crippen LogP contribution in [0.25, 0.3) is 0 Å².